The maximum absolute atomic E-state index is 12.2. The van der Waals surface area contributed by atoms with E-state index in [1.165, 1.54) is 10.4 Å². The second kappa shape index (κ2) is 6.64. The second-order valence-electron chi connectivity index (χ2n) is 6.09. The summed E-state index contributed by atoms with van der Waals surface area (Å²) in [6.07, 6.45) is 4.35. The predicted octanol–water partition coefficient (Wildman–Crippen LogP) is 3.66. The van der Waals surface area contributed by atoms with Gasteiger partial charge >= 0.3 is 0 Å². The third-order valence-corrected chi connectivity index (χ3v) is 5.33. The van der Waals surface area contributed by atoms with E-state index in [0.717, 1.165) is 31.0 Å². The summed E-state index contributed by atoms with van der Waals surface area (Å²) in [4.78, 5) is 24.6. The number of amides is 1. The molecule has 5 nitrogen and oxygen atoms in total. The highest BCUT2D eigenvalue weighted by molar-refractivity contribution is 7.10. The first-order valence-electron chi connectivity index (χ1n) is 8.19. The van der Waals surface area contributed by atoms with Crippen LogP contribution in [0.1, 0.15) is 26.5 Å². The monoisotopic (exact) mass is 350 g/mol. The smallest absolute Gasteiger partial charge is 0.257 e. The van der Waals surface area contributed by atoms with Crippen molar-refractivity contribution in [1.29, 1.82) is 0 Å². The SMILES string of the molecule is Cc1ccc(C(=O)Nc2ccc(N3CCc4sccc4C3)nc2)cn1. The average Bonchev–Trinajstić information content (AvgIpc) is 3.10. The Morgan fingerprint density at radius 2 is 2.08 bits per heavy atom. The highest BCUT2D eigenvalue weighted by atomic mass is 32.1. The van der Waals surface area contributed by atoms with Gasteiger partial charge in [-0.25, -0.2) is 4.98 Å². The maximum atomic E-state index is 12.2. The molecule has 4 heterocycles. The van der Waals surface area contributed by atoms with Gasteiger partial charge in [0, 0.05) is 29.9 Å². The van der Waals surface area contributed by atoms with E-state index in [0.29, 0.717) is 11.3 Å². The zero-order valence-corrected chi connectivity index (χ0v) is 14.7. The lowest BCUT2D eigenvalue weighted by Gasteiger charge is -2.28. The molecule has 6 heteroatoms. The normalized spacial score (nSPS) is 13.4. The van der Waals surface area contributed by atoms with Crippen LogP contribution in [0, 0.1) is 6.92 Å². The topological polar surface area (TPSA) is 58.1 Å². The number of hydrogen-bond donors (Lipinski definition) is 1. The number of fused-ring (bicyclic) bond motifs is 1. The van der Waals surface area contributed by atoms with E-state index >= 15 is 0 Å². The lowest BCUT2D eigenvalue weighted by molar-refractivity contribution is 0.102. The second-order valence-corrected chi connectivity index (χ2v) is 7.09. The molecule has 0 bridgehead atoms. The molecule has 0 aromatic carbocycles. The number of aromatic nitrogens is 2. The van der Waals surface area contributed by atoms with E-state index in [2.05, 4.69) is 31.6 Å². The Morgan fingerprint density at radius 3 is 2.84 bits per heavy atom. The van der Waals surface area contributed by atoms with Crippen LogP contribution in [0.3, 0.4) is 0 Å². The Labute approximate surface area is 150 Å². The molecule has 1 N–H and O–H groups in total. The number of aryl methyl sites for hydroxylation is 1. The van der Waals surface area contributed by atoms with Crippen molar-refractivity contribution in [1.82, 2.24) is 9.97 Å². The quantitative estimate of drug-likeness (QED) is 0.783. The van der Waals surface area contributed by atoms with Gasteiger partial charge in [0.05, 0.1) is 17.4 Å². The summed E-state index contributed by atoms with van der Waals surface area (Å²) in [5, 5.41) is 5.01. The number of anilines is 2. The van der Waals surface area contributed by atoms with Gasteiger partial charge in [0.1, 0.15) is 5.82 Å². The molecule has 1 aliphatic heterocycles. The molecule has 3 aromatic heterocycles. The Bertz CT molecular complexity index is 887. The Hall–Kier alpha value is -2.73. The lowest BCUT2D eigenvalue weighted by atomic mass is 10.1. The Morgan fingerprint density at radius 1 is 1.16 bits per heavy atom. The summed E-state index contributed by atoms with van der Waals surface area (Å²) in [7, 11) is 0. The first-order valence-corrected chi connectivity index (χ1v) is 9.07. The minimum Gasteiger partial charge on any atom is -0.352 e. The summed E-state index contributed by atoms with van der Waals surface area (Å²) < 4.78 is 0. The van der Waals surface area contributed by atoms with E-state index in [1.807, 2.05) is 36.5 Å². The van der Waals surface area contributed by atoms with Crippen molar-refractivity contribution in [2.75, 3.05) is 16.8 Å². The van der Waals surface area contributed by atoms with Crippen molar-refractivity contribution in [3.63, 3.8) is 0 Å². The van der Waals surface area contributed by atoms with Crippen LogP contribution >= 0.6 is 11.3 Å². The highest BCUT2D eigenvalue weighted by Crippen LogP contribution is 2.27. The summed E-state index contributed by atoms with van der Waals surface area (Å²) >= 11 is 1.83. The largest absolute Gasteiger partial charge is 0.352 e. The van der Waals surface area contributed by atoms with Crippen molar-refractivity contribution in [2.24, 2.45) is 0 Å². The first kappa shape index (κ1) is 15.8. The van der Waals surface area contributed by atoms with E-state index in [4.69, 9.17) is 0 Å². The van der Waals surface area contributed by atoms with Gasteiger partial charge in [-0.2, -0.15) is 0 Å². The van der Waals surface area contributed by atoms with Gasteiger partial charge in [-0.15, -0.1) is 11.3 Å². The van der Waals surface area contributed by atoms with Gasteiger partial charge in [0.25, 0.3) is 5.91 Å². The van der Waals surface area contributed by atoms with Gasteiger partial charge < -0.3 is 10.2 Å². The number of hydrogen-bond acceptors (Lipinski definition) is 5. The maximum Gasteiger partial charge on any atom is 0.257 e. The van der Waals surface area contributed by atoms with Crippen LogP contribution in [0.25, 0.3) is 0 Å². The fraction of sp³-hybridized carbons (Fsp3) is 0.211. The molecule has 0 spiro atoms. The number of nitrogens with one attached hydrogen (secondary N) is 1. The molecule has 4 rings (SSSR count). The summed E-state index contributed by atoms with van der Waals surface area (Å²) in [6, 6.07) is 9.64. The molecule has 0 unspecified atom stereocenters. The molecular weight excluding hydrogens is 332 g/mol. The number of carbonyl (C=O) groups is 1. The van der Waals surface area contributed by atoms with Gasteiger partial charge in [-0.1, -0.05) is 0 Å². The molecule has 0 saturated carbocycles. The van der Waals surface area contributed by atoms with Gasteiger partial charge in [-0.05, 0) is 54.6 Å². The van der Waals surface area contributed by atoms with Crippen LogP contribution in [0.15, 0.2) is 48.1 Å². The van der Waals surface area contributed by atoms with E-state index in [9.17, 15) is 4.79 Å². The molecule has 126 valence electrons. The zero-order valence-electron chi connectivity index (χ0n) is 13.9. The van der Waals surface area contributed by atoms with Crippen molar-refractivity contribution >= 4 is 28.7 Å². The van der Waals surface area contributed by atoms with Crippen molar-refractivity contribution in [3.05, 3.63) is 69.8 Å². The Balaban J connectivity index is 1.44. The fourth-order valence-electron chi connectivity index (χ4n) is 2.90. The zero-order chi connectivity index (χ0) is 17.2. The molecule has 0 fully saturated rings. The lowest BCUT2D eigenvalue weighted by Crippen LogP contribution is -2.30. The fourth-order valence-corrected chi connectivity index (χ4v) is 3.79. The van der Waals surface area contributed by atoms with E-state index < -0.39 is 0 Å². The predicted molar refractivity (Wildman–Crippen MR) is 100 cm³/mol. The van der Waals surface area contributed by atoms with Crippen LogP contribution < -0.4 is 10.2 Å². The summed E-state index contributed by atoms with van der Waals surface area (Å²) in [5.41, 5.74) is 3.50. The van der Waals surface area contributed by atoms with Gasteiger partial charge in [-0.3, -0.25) is 9.78 Å². The molecule has 0 aliphatic carbocycles. The number of rotatable bonds is 3. The van der Waals surface area contributed by atoms with Crippen LogP contribution in [0.2, 0.25) is 0 Å². The third kappa shape index (κ3) is 3.39. The molecule has 25 heavy (non-hydrogen) atoms. The molecule has 0 atom stereocenters. The number of thiophene rings is 1. The van der Waals surface area contributed by atoms with Crippen LogP contribution in [0.5, 0.6) is 0 Å². The average molecular weight is 350 g/mol. The summed E-state index contributed by atoms with van der Waals surface area (Å²) in [5.74, 6) is 0.759. The minimum atomic E-state index is -0.178. The summed E-state index contributed by atoms with van der Waals surface area (Å²) in [6.45, 7) is 3.76. The van der Waals surface area contributed by atoms with E-state index in [1.54, 1.807) is 18.5 Å². The Kier molecular flexibility index (Phi) is 4.19. The number of pyridine rings is 2. The van der Waals surface area contributed by atoms with Crippen molar-refractivity contribution in [3.8, 4) is 0 Å². The molecule has 1 aliphatic rings. The first-order chi connectivity index (χ1) is 12.2. The minimum absolute atomic E-state index is 0.178. The van der Waals surface area contributed by atoms with Gasteiger partial charge in [0.2, 0.25) is 0 Å². The standard InChI is InChI=1S/C19H18N4OS/c1-13-2-3-14(10-20-13)19(24)22-16-4-5-18(21-11-16)23-8-6-17-15(12-23)7-9-25-17/h2-5,7,9-11H,6,8,12H2,1H3,(H,22,24). The van der Waals surface area contributed by atoms with E-state index in [-0.39, 0.29) is 5.91 Å². The molecule has 1 amide bonds. The number of nitrogens with zero attached hydrogens (tertiary/aromatic N) is 3. The van der Waals surface area contributed by atoms with Crippen LogP contribution in [0.4, 0.5) is 11.5 Å². The van der Waals surface area contributed by atoms with Crippen molar-refractivity contribution < 1.29 is 4.79 Å². The molecule has 0 saturated heterocycles. The molecular formula is C19H18N4OS. The van der Waals surface area contributed by atoms with Crippen LogP contribution in [-0.4, -0.2) is 22.4 Å². The highest BCUT2D eigenvalue weighted by Gasteiger charge is 2.18. The van der Waals surface area contributed by atoms with Crippen molar-refractivity contribution in [2.45, 2.75) is 19.9 Å². The van der Waals surface area contributed by atoms with Gasteiger partial charge in [0.15, 0.2) is 0 Å². The molecule has 0 radical (unpaired) electrons. The molecule has 3 aromatic rings. The number of carbonyl (C=O) groups excluding carboxylic acids is 1. The van der Waals surface area contributed by atoms with Crippen LogP contribution in [-0.2, 0) is 13.0 Å². The third-order valence-electron chi connectivity index (χ3n) is 4.31.